The Bertz CT molecular complexity index is 366. The van der Waals surface area contributed by atoms with Crippen molar-refractivity contribution in [3.8, 4) is 0 Å². The molecule has 4 nitrogen and oxygen atoms in total. The molecule has 0 unspecified atom stereocenters. The molecule has 1 aromatic rings. The highest BCUT2D eigenvalue weighted by molar-refractivity contribution is 5.81. The summed E-state index contributed by atoms with van der Waals surface area (Å²) < 4.78 is 1.88. The van der Waals surface area contributed by atoms with Gasteiger partial charge in [0.2, 0.25) is 0 Å². The van der Waals surface area contributed by atoms with E-state index in [1.807, 2.05) is 17.8 Å². The molecule has 82 valence electrons. The molecular weight excluding hydrogens is 190 g/mol. The smallest absolute Gasteiger partial charge is 0.142 e. The summed E-state index contributed by atoms with van der Waals surface area (Å²) in [5, 5.41) is 0. The number of imidazole rings is 1. The maximum atomic E-state index is 11.7. The third-order valence-corrected chi connectivity index (χ3v) is 3.17. The van der Waals surface area contributed by atoms with Gasteiger partial charge in [-0.15, -0.1) is 0 Å². The zero-order valence-corrected chi connectivity index (χ0v) is 9.07. The van der Waals surface area contributed by atoms with E-state index in [0.29, 0.717) is 12.8 Å². The van der Waals surface area contributed by atoms with Crippen LogP contribution in [-0.2, 0) is 18.3 Å². The van der Waals surface area contributed by atoms with E-state index < -0.39 is 0 Å². The number of aryl methyl sites for hydroxylation is 1. The van der Waals surface area contributed by atoms with E-state index in [4.69, 9.17) is 5.73 Å². The summed E-state index contributed by atoms with van der Waals surface area (Å²) in [7, 11) is 1.90. The fourth-order valence-corrected chi connectivity index (χ4v) is 2.01. The Kier molecular flexibility index (Phi) is 2.61. The van der Waals surface area contributed by atoms with Crippen LogP contribution in [0.3, 0.4) is 0 Å². The second-order valence-electron chi connectivity index (χ2n) is 4.56. The number of nitrogens with two attached hydrogens (primary N) is 1. The van der Waals surface area contributed by atoms with Crippen LogP contribution in [0.2, 0.25) is 0 Å². The fraction of sp³-hybridized carbons (Fsp3) is 0.636. The number of Topliss-reactive ketones (excluding diaryl/α,β-unsaturated/α-hetero) is 1. The predicted molar refractivity (Wildman–Crippen MR) is 57.3 cm³/mol. The molecule has 4 heteroatoms. The van der Waals surface area contributed by atoms with Crippen LogP contribution in [0.15, 0.2) is 12.4 Å². The zero-order chi connectivity index (χ0) is 10.9. The van der Waals surface area contributed by atoms with Crippen LogP contribution in [0.4, 0.5) is 0 Å². The van der Waals surface area contributed by atoms with Crippen molar-refractivity contribution in [3.63, 3.8) is 0 Å². The minimum absolute atomic E-state index is 0.200. The van der Waals surface area contributed by atoms with Crippen molar-refractivity contribution < 1.29 is 4.79 Å². The first-order valence-corrected chi connectivity index (χ1v) is 5.36. The number of hydrogen-bond acceptors (Lipinski definition) is 3. The lowest BCUT2D eigenvalue weighted by Gasteiger charge is -2.37. The third kappa shape index (κ3) is 2.26. The van der Waals surface area contributed by atoms with Crippen LogP contribution in [-0.4, -0.2) is 20.9 Å². The molecule has 2 N–H and O–H groups in total. The summed E-state index contributed by atoms with van der Waals surface area (Å²) in [6.07, 6.45) is 7.60. The molecule has 0 amide bonds. The third-order valence-electron chi connectivity index (χ3n) is 3.17. The molecule has 1 aliphatic rings. The van der Waals surface area contributed by atoms with Crippen molar-refractivity contribution in [2.24, 2.45) is 12.8 Å². The first-order chi connectivity index (χ1) is 7.09. The highest BCUT2D eigenvalue weighted by Gasteiger charge is 2.34. The number of carbonyl (C=O) groups excluding carboxylic acids is 1. The van der Waals surface area contributed by atoms with Crippen molar-refractivity contribution in [1.29, 1.82) is 0 Å². The van der Waals surface area contributed by atoms with Crippen molar-refractivity contribution >= 4 is 5.78 Å². The van der Waals surface area contributed by atoms with Crippen LogP contribution < -0.4 is 5.73 Å². The van der Waals surface area contributed by atoms with Gasteiger partial charge in [0, 0.05) is 31.4 Å². The minimum Gasteiger partial charge on any atom is -0.338 e. The first kappa shape index (κ1) is 10.4. The highest BCUT2D eigenvalue weighted by Crippen LogP contribution is 2.32. The van der Waals surface area contributed by atoms with Crippen molar-refractivity contribution in [2.45, 2.75) is 37.6 Å². The molecule has 0 aliphatic heterocycles. The minimum atomic E-state index is -0.206. The zero-order valence-electron chi connectivity index (χ0n) is 9.07. The number of carbonyl (C=O) groups is 1. The van der Waals surface area contributed by atoms with Crippen molar-refractivity contribution in [2.75, 3.05) is 0 Å². The molecular formula is C11H17N3O. The average Bonchev–Trinajstić information content (AvgIpc) is 2.49. The second kappa shape index (κ2) is 3.77. The molecule has 0 radical (unpaired) electrons. The van der Waals surface area contributed by atoms with E-state index in [9.17, 15) is 4.79 Å². The molecule has 0 saturated heterocycles. The van der Waals surface area contributed by atoms with Gasteiger partial charge in [0.15, 0.2) is 0 Å². The fourth-order valence-electron chi connectivity index (χ4n) is 2.01. The summed E-state index contributed by atoms with van der Waals surface area (Å²) in [5.41, 5.74) is 5.82. The Labute approximate surface area is 89.5 Å². The Morgan fingerprint density at radius 3 is 2.87 bits per heavy atom. The molecule has 1 aliphatic carbocycles. The van der Waals surface area contributed by atoms with Gasteiger partial charge in [-0.3, -0.25) is 4.79 Å². The van der Waals surface area contributed by atoms with Crippen LogP contribution in [0, 0.1) is 0 Å². The molecule has 0 spiro atoms. The van der Waals surface area contributed by atoms with Gasteiger partial charge >= 0.3 is 0 Å². The monoisotopic (exact) mass is 207 g/mol. The van der Waals surface area contributed by atoms with Gasteiger partial charge in [0.05, 0.1) is 6.42 Å². The number of hydrogen-bond donors (Lipinski definition) is 1. The maximum Gasteiger partial charge on any atom is 0.142 e. The van der Waals surface area contributed by atoms with Crippen LogP contribution in [0.25, 0.3) is 0 Å². The molecule has 1 saturated carbocycles. The van der Waals surface area contributed by atoms with E-state index in [1.165, 1.54) is 0 Å². The van der Waals surface area contributed by atoms with E-state index in [-0.39, 0.29) is 11.3 Å². The van der Waals surface area contributed by atoms with Gasteiger partial charge in [-0.2, -0.15) is 0 Å². The standard InChI is InChI=1S/C11H17N3O/c1-14-6-5-13-10(14)7-9(15)8-11(12)3-2-4-11/h5-6H,2-4,7-8,12H2,1H3. The molecule has 1 fully saturated rings. The lowest BCUT2D eigenvalue weighted by molar-refractivity contribution is -0.120. The van der Waals surface area contributed by atoms with E-state index in [2.05, 4.69) is 4.98 Å². The number of ketones is 1. The topological polar surface area (TPSA) is 60.9 Å². The normalized spacial score (nSPS) is 18.5. The van der Waals surface area contributed by atoms with Crippen LogP contribution in [0.1, 0.15) is 31.5 Å². The Morgan fingerprint density at radius 2 is 2.40 bits per heavy atom. The van der Waals surface area contributed by atoms with Gasteiger partial charge in [-0.1, -0.05) is 0 Å². The van der Waals surface area contributed by atoms with Crippen LogP contribution >= 0.6 is 0 Å². The molecule has 0 atom stereocenters. The van der Waals surface area contributed by atoms with E-state index in [0.717, 1.165) is 25.1 Å². The van der Waals surface area contributed by atoms with Gasteiger partial charge in [0.1, 0.15) is 11.6 Å². The lowest BCUT2D eigenvalue weighted by Crippen LogP contribution is -2.48. The predicted octanol–water partition coefficient (Wildman–Crippen LogP) is 0.803. The summed E-state index contributed by atoms with van der Waals surface area (Å²) in [5.74, 6) is 1.02. The maximum absolute atomic E-state index is 11.7. The molecule has 1 heterocycles. The second-order valence-corrected chi connectivity index (χ2v) is 4.56. The number of aromatic nitrogens is 2. The summed E-state index contributed by atoms with van der Waals surface area (Å²) >= 11 is 0. The largest absolute Gasteiger partial charge is 0.338 e. The quantitative estimate of drug-likeness (QED) is 0.794. The van der Waals surface area contributed by atoms with Gasteiger partial charge in [-0.05, 0) is 19.3 Å². The summed E-state index contributed by atoms with van der Waals surface area (Å²) in [6, 6.07) is 0. The summed E-state index contributed by atoms with van der Waals surface area (Å²) in [6.45, 7) is 0. The highest BCUT2D eigenvalue weighted by atomic mass is 16.1. The average molecular weight is 207 g/mol. The first-order valence-electron chi connectivity index (χ1n) is 5.36. The van der Waals surface area contributed by atoms with Crippen molar-refractivity contribution in [3.05, 3.63) is 18.2 Å². The Hall–Kier alpha value is -1.16. The number of rotatable bonds is 4. The van der Waals surface area contributed by atoms with E-state index >= 15 is 0 Å². The molecule has 1 aromatic heterocycles. The SMILES string of the molecule is Cn1ccnc1CC(=O)CC1(N)CCC1. The van der Waals surface area contributed by atoms with Crippen LogP contribution in [0.5, 0.6) is 0 Å². The van der Waals surface area contributed by atoms with Crippen molar-refractivity contribution in [1.82, 2.24) is 9.55 Å². The molecule has 2 rings (SSSR count). The lowest BCUT2D eigenvalue weighted by atomic mass is 9.74. The number of nitrogens with zero attached hydrogens (tertiary/aromatic N) is 2. The van der Waals surface area contributed by atoms with Gasteiger partial charge in [0.25, 0.3) is 0 Å². The van der Waals surface area contributed by atoms with E-state index in [1.54, 1.807) is 6.20 Å². The molecule has 0 aromatic carbocycles. The van der Waals surface area contributed by atoms with Gasteiger partial charge < -0.3 is 10.3 Å². The summed E-state index contributed by atoms with van der Waals surface area (Å²) in [4.78, 5) is 15.9. The molecule has 15 heavy (non-hydrogen) atoms. The molecule has 0 bridgehead atoms. The Balaban J connectivity index is 1.90. The van der Waals surface area contributed by atoms with Gasteiger partial charge in [-0.25, -0.2) is 4.98 Å². The Morgan fingerprint density at radius 1 is 1.67 bits per heavy atom.